The summed E-state index contributed by atoms with van der Waals surface area (Å²) >= 11 is 4.61. The number of rotatable bonds is 3. The number of thioether (sulfide) groups is 1. The van der Waals surface area contributed by atoms with Crippen LogP contribution in [0.2, 0.25) is 0 Å². The van der Waals surface area contributed by atoms with Gasteiger partial charge >= 0.3 is 10.8 Å². The topological polar surface area (TPSA) is 96.5 Å². The van der Waals surface area contributed by atoms with E-state index < -0.39 is 5.97 Å². The third-order valence-electron chi connectivity index (χ3n) is 7.18. The number of hydrogen-bond donors (Lipinski definition) is 1. The van der Waals surface area contributed by atoms with Crippen LogP contribution < -0.4 is 4.87 Å². The summed E-state index contributed by atoms with van der Waals surface area (Å²) in [6.45, 7) is -0.307. The molecule has 2 amide bonds. The van der Waals surface area contributed by atoms with E-state index in [1.807, 2.05) is 11.4 Å². The number of thiazole rings is 1. The molecule has 2 aliphatic heterocycles. The number of carbonyl (C=O) groups is 3. The van der Waals surface area contributed by atoms with Crippen molar-refractivity contribution in [3.05, 3.63) is 36.9 Å². The molecule has 10 heteroatoms. The SMILES string of the molecule is COC(=O)CN1C(=O)[C@@H]2[C@H]3C[C@H]([C@H]4Sc5[nH]c(=O)sc5[C@@H](c5cccs5)[C@H]34)[C@@H]2C1=O. The Morgan fingerprint density at radius 1 is 1.23 bits per heavy atom. The minimum absolute atomic E-state index is 0.0574. The van der Waals surface area contributed by atoms with Crippen LogP contribution in [0, 0.1) is 29.6 Å². The van der Waals surface area contributed by atoms with Gasteiger partial charge in [-0.25, -0.2) is 0 Å². The van der Waals surface area contributed by atoms with Crippen molar-refractivity contribution in [1.82, 2.24) is 9.88 Å². The first-order valence-electron chi connectivity index (χ1n) is 9.84. The molecule has 7 atom stereocenters. The fourth-order valence-corrected chi connectivity index (χ4v) is 10.1. The zero-order valence-corrected chi connectivity index (χ0v) is 18.4. The van der Waals surface area contributed by atoms with Gasteiger partial charge in [-0.15, -0.1) is 23.1 Å². The quantitative estimate of drug-likeness (QED) is 0.555. The van der Waals surface area contributed by atoms with Crippen LogP contribution in [0.3, 0.4) is 0 Å². The van der Waals surface area contributed by atoms with Crippen LogP contribution in [0.15, 0.2) is 27.3 Å². The predicted molar refractivity (Wildman–Crippen MR) is 112 cm³/mol. The van der Waals surface area contributed by atoms with E-state index in [-0.39, 0.29) is 64.0 Å². The number of nitrogens with zero attached hydrogens (tertiary/aromatic N) is 1. The molecule has 3 fully saturated rings. The number of amides is 2. The highest BCUT2D eigenvalue weighted by Gasteiger charge is 2.69. The Morgan fingerprint density at radius 3 is 2.70 bits per heavy atom. The molecule has 4 heterocycles. The van der Waals surface area contributed by atoms with Gasteiger partial charge in [-0.1, -0.05) is 17.4 Å². The number of thiophene rings is 1. The van der Waals surface area contributed by atoms with Crippen molar-refractivity contribution in [3.8, 4) is 0 Å². The lowest BCUT2D eigenvalue weighted by molar-refractivity contribution is -0.151. The van der Waals surface area contributed by atoms with Crippen LogP contribution >= 0.6 is 34.4 Å². The predicted octanol–water partition coefficient (Wildman–Crippen LogP) is 2.14. The number of hydrogen-bond acceptors (Lipinski definition) is 8. The number of carbonyl (C=O) groups excluding carboxylic acids is 3. The zero-order valence-electron chi connectivity index (χ0n) is 15.9. The van der Waals surface area contributed by atoms with E-state index in [0.717, 1.165) is 21.2 Å². The smallest absolute Gasteiger partial charge is 0.325 e. The molecule has 1 N–H and O–H groups in total. The van der Waals surface area contributed by atoms with E-state index in [1.165, 1.54) is 23.3 Å². The first-order valence-corrected chi connectivity index (χ1v) is 12.4. The molecule has 2 aliphatic carbocycles. The van der Waals surface area contributed by atoms with Crippen LogP contribution in [0.25, 0.3) is 0 Å². The van der Waals surface area contributed by atoms with Crippen molar-refractivity contribution in [2.45, 2.75) is 22.6 Å². The van der Waals surface area contributed by atoms with Crippen molar-refractivity contribution in [2.75, 3.05) is 13.7 Å². The summed E-state index contributed by atoms with van der Waals surface area (Å²) in [4.78, 5) is 56.5. The zero-order chi connectivity index (χ0) is 20.7. The standard InChI is InChI=1S/C20H18N2O5S3/c1-27-10(23)6-22-18(24)12-7-5-8(13(12)19(22)25)15-11(7)14(9-3-2-4-28-9)16-17(29-15)21-20(26)30-16/h2-4,7-8,11-15H,5-6H2,1H3,(H,21,26)/t7-,8-,11-,12+,13-,14-,15+/m0/s1. The Balaban J connectivity index is 1.42. The number of aromatic nitrogens is 1. The summed E-state index contributed by atoms with van der Waals surface area (Å²) in [5.74, 6) is -1.35. The van der Waals surface area contributed by atoms with Gasteiger partial charge in [-0.05, 0) is 35.6 Å². The summed E-state index contributed by atoms with van der Waals surface area (Å²) in [7, 11) is 1.26. The van der Waals surface area contributed by atoms with Crippen LogP contribution in [-0.4, -0.2) is 46.6 Å². The fourth-order valence-electron chi connectivity index (χ4n) is 6.21. The summed E-state index contributed by atoms with van der Waals surface area (Å²) < 4.78 is 4.68. The van der Waals surface area contributed by atoms with Gasteiger partial charge in [0, 0.05) is 20.9 Å². The molecule has 0 aromatic carbocycles. The summed E-state index contributed by atoms with van der Waals surface area (Å²) in [5, 5.41) is 3.13. The first-order chi connectivity index (χ1) is 14.5. The second kappa shape index (κ2) is 6.54. The molecule has 7 nitrogen and oxygen atoms in total. The van der Waals surface area contributed by atoms with Gasteiger partial charge < -0.3 is 9.72 Å². The van der Waals surface area contributed by atoms with Crippen molar-refractivity contribution < 1.29 is 19.1 Å². The minimum Gasteiger partial charge on any atom is -0.468 e. The maximum Gasteiger partial charge on any atom is 0.325 e. The van der Waals surface area contributed by atoms with Gasteiger partial charge in [0.1, 0.15) is 6.54 Å². The lowest BCUT2D eigenvalue weighted by Gasteiger charge is -2.42. The van der Waals surface area contributed by atoms with Crippen molar-refractivity contribution in [1.29, 1.82) is 0 Å². The molecule has 156 valence electrons. The number of likely N-dealkylation sites (tertiary alicyclic amines) is 1. The van der Waals surface area contributed by atoms with Gasteiger partial charge in [0.25, 0.3) is 0 Å². The average molecular weight is 463 g/mol. The molecule has 2 saturated carbocycles. The lowest BCUT2D eigenvalue weighted by Crippen LogP contribution is -2.42. The van der Waals surface area contributed by atoms with E-state index in [4.69, 9.17) is 0 Å². The largest absolute Gasteiger partial charge is 0.468 e. The lowest BCUT2D eigenvalue weighted by atomic mass is 9.69. The van der Waals surface area contributed by atoms with Gasteiger partial charge in [0.05, 0.1) is 24.0 Å². The van der Waals surface area contributed by atoms with E-state index in [2.05, 4.69) is 15.8 Å². The number of aromatic amines is 1. The monoisotopic (exact) mass is 462 g/mol. The average Bonchev–Trinajstić information content (AvgIpc) is 3.52. The number of H-pyrrole nitrogens is 1. The summed E-state index contributed by atoms with van der Waals surface area (Å²) in [5.41, 5.74) is 0. The molecular formula is C20H18N2O5S3. The normalized spacial score (nSPS) is 36.0. The van der Waals surface area contributed by atoms with Gasteiger partial charge in [0.15, 0.2) is 0 Å². The third-order valence-corrected chi connectivity index (χ3v) is 10.7. The Kier molecular flexibility index (Phi) is 4.11. The molecular weight excluding hydrogens is 444 g/mol. The summed E-state index contributed by atoms with van der Waals surface area (Å²) in [6.07, 6.45) is 0.849. The highest BCUT2D eigenvalue weighted by Crippen LogP contribution is 2.68. The molecule has 0 radical (unpaired) electrons. The fraction of sp³-hybridized carbons (Fsp3) is 0.500. The number of nitrogens with one attached hydrogen (secondary N) is 1. The number of methoxy groups -OCH3 is 1. The number of fused-ring (bicyclic) bond motifs is 9. The molecule has 2 aromatic heterocycles. The van der Waals surface area contributed by atoms with Crippen LogP contribution in [0.1, 0.15) is 22.1 Å². The number of ether oxygens (including phenoxy) is 1. The molecule has 0 unspecified atom stereocenters. The van der Waals surface area contributed by atoms with E-state index in [1.54, 1.807) is 23.1 Å². The maximum absolute atomic E-state index is 13.2. The van der Waals surface area contributed by atoms with Gasteiger partial charge in [-0.2, -0.15) is 0 Å². The minimum atomic E-state index is -0.577. The second-order valence-corrected chi connectivity index (χ2v) is 11.5. The van der Waals surface area contributed by atoms with E-state index in [9.17, 15) is 19.2 Å². The molecule has 2 bridgehead atoms. The van der Waals surface area contributed by atoms with Crippen molar-refractivity contribution in [3.63, 3.8) is 0 Å². The highest BCUT2D eigenvalue weighted by atomic mass is 32.2. The van der Waals surface area contributed by atoms with E-state index in [0.29, 0.717) is 0 Å². The molecule has 30 heavy (non-hydrogen) atoms. The van der Waals surface area contributed by atoms with Crippen molar-refractivity contribution in [2.24, 2.45) is 29.6 Å². The van der Waals surface area contributed by atoms with Gasteiger partial charge in [-0.3, -0.25) is 24.1 Å². The third kappa shape index (κ3) is 2.38. The Morgan fingerprint density at radius 2 is 2.00 bits per heavy atom. The Bertz CT molecular complexity index is 1120. The van der Waals surface area contributed by atoms with Crippen LogP contribution in [0.5, 0.6) is 0 Å². The molecule has 0 spiro atoms. The van der Waals surface area contributed by atoms with Crippen molar-refractivity contribution >= 4 is 52.2 Å². The first kappa shape index (κ1) is 18.8. The number of imide groups is 1. The van der Waals surface area contributed by atoms with E-state index >= 15 is 0 Å². The maximum atomic E-state index is 13.2. The van der Waals surface area contributed by atoms with Gasteiger partial charge in [0.2, 0.25) is 11.8 Å². The van der Waals surface area contributed by atoms with Crippen LogP contribution in [0.4, 0.5) is 0 Å². The molecule has 2 aromatic rings. The second-order valence-electron chi connectivity index (χ2n) is 8.31. The Hall–Kier alpha value is -1.91. The Labute approximate surface area is 183 Å². The molecule has 4 aliphatic rings. The highest BCUT2D eigenvalue weighted by molar-refractivity contribution is 8.00. The molecule has 1 saturated heterocycles. The number of esters is 1. The summed E-state index contributed by atoms with van der Waals surface area (Å²) in [6, 6.07) is 4.12. The molecule has 6 rings (SSSR count). The van der Waals surface area contributed by atoms with Crippen LogP contribution in [-0.2, 0) is 19.1 Å².